The SMILES string of the molecule is COC(=O)c1cc(F)cc(-c2cc(C(=O)O)ccc2C)c1. The van der Waals surface area contributed by atoms with Crippen molar-refractivity contribution in [3.63, 3.8) is 0 Å². The number of aromatic carboxylic acids is 1. The predicted molar refractivity (Wildman–Crippen MR) is 74.9 cm³/mol. The van der Waals surface area contributed by atoms with Gasteiger partial charge in [-0.05, 0) is 53.9 Å². The molecule has 0 bridgehead atoms. The van der Waals surface area contributed by atoms with Crippen LogP contribution >= 0.6 is 0 Å². The molecule has 0 aromatic heterocycles. The fraction of sp³-hybridized carbons (Fsp3) is 0.125. The number of hydrogen-bond donors (Lipinski definition) is 1. The standard InChI is InChI=1S/C16H13FO4/c1-9-3-4-10(15(18)19)8-14(9)11-5-12(16(20)21-2)7-13(17)6-11/h3-8H,1-2H3,(H,18,19). The van der Waals surface area contributed by atoms with Crippen molar-refractivity contribution in [1.29, 1.82) is 0 Å². The van der Waals surface area contributed by atoms with Gasteiger partial charge in [0.15, 0.2) is 0 Å². The summed E-state index contributed by atoms with van der Waals surface area (Å²) in [5.41, 5.74) is 1.93. The van der Waals surface area contributed by atoms with E-state index >= 15 is 0 Å². The molecule has 0 saturated heterocycles. The summed E-state index contributed by atoms with van der Waals surface area (Å²) in [5, 5.41) is 9.03. The number of rotatable bonds is 3. The van der Waals surface area contributed by atoms with Gasteiger partial charge in [-0.3, -0.25) is 0 Å². The van der Waals surface area contributed by atoms with Crippen LogP contribution in [0, 0.1) is 12.7 Å². The number of ether oxygens (including phenoxy) is 1. The van der Waals surface area contributed by atoms with Gasteiger partial charge in [-0.2, -0.15) is 0 Å². The van der Waals surface area contributed by atoms with Gasteiger partial charge in [0.25, 0.3) is 0 Å². The van der Waals surface area contributed by atoms with Gasteiger partial charge in [0, 0.05) is 0 Å². The van der Waals surface area contributed by atoms with Crippen molar-refractivity contribution >= 4 is 11.9 Å². The molecule has 5 heteroatoms. The normalized spacial score (nSPS) is 10.2. The van der Waals surface area contributed by atoms with Crippen molar-refractivity contribution in [2.24, 2.45) is 0 Å². The second-order valence-electron chi connectivity index (χ2n) is 4.56. The highest BCUT2D eigenvalue weighted by Crippen LogP contribution is 2.27. The Morgan fingerprint density at radius 1 is 1.10 bits per heavy atom. The van der Waals surface area contributed by atoms with E-state index in [9.17, 15) is 14.0 Å². The second-order valence-corrected chi connectivity index (χ2v) is 4.56. The molecule has 0 unspecified atom stereocenters. The van der Waals surface area contributed by atoms with Crippen molar-refractivity contribution in [3.8, 4) is 11.1 Å². The van der Waals surface area contributed by atoms with Crippen LogP contribution in [0.25, 0.3) is 11.1 Å². The summed E-state index contributed by atoms with van der Waals surface area (Å²) in [5.74, 6) is -2.31. The Morgan fingerprint density at radius 3 is 2.43 bits per heavy atom. The second kappa shape index (κ2) is 5.75. The molecular weight excluding hydrogens is 275 g/mol. The van der Waals surface area contributed by atoms with Gasteiger partial charge in [0.1, 0.15) is 5.82 Å². The first-order valence-electron chi connectivity index (χ1n) is 6.15. The van der Waals surface area contributed by atoms with E-state index in [1.807, 2.05) is 0 Å². The van der Waals surface area contributed by atoms with Crippen molar-refractivity contribution < 1.29 is 23.8 Å². The van der Waals surface area contributed by atoms with Crippen molar-refractivity contribution in [2.45, 2.75) is 6.92 Å². The lowest BCUT2D eigenvalue weighted by Crippen LogP contribution is -2.03. The van der Waals surface area contributed by atoms with E-state index in [0.717, 1.165) is 11.6 Å². The molecule has 0 saturated carbocycles. The van der Waals surface area contributed by atoms with Crippen LogP contribution in [0.1, 0.15) is 26.3 Å². The maximum atomic E-state index is 13.7. The van der Waals surface area contributed by atoms with Crippen LogP contribution in [0.5, 0.6) is 0 Å². The monoisotopic (exact) mass is 288 g/mol. The molecule has 1 N–H and O–H groups in total. The number of methoxy groups -OCH3 is 1. The summed E-state index contributed by atoms with van der Waals surface area (Å²) < 4.78 is 18.3. The summed E-state index contributed by atoms with van der Waals surface area (Å²) >= 11 is 0. The van der Waals surface area contributed by atoms with Crippen LogP contribution in [-0.4, -0.2) is 24.2 Å². The van der Waals surface area contributed by atoms with Crippen LogP contribution in [0.15, 0.2) is 36.4 Å². The molecule has 21 heavy (non-hydrogen) atoms. The number of carboxylic acids is 1. The zero-order valence-electron chi connectivity index (χ0n) is 11.5. The number of carboxylic acid groups (broad SMARTS) is 1. The van der Waals surface area contributed by atoms with Gasteiger partial charge in [-0.15, -0.1) is 0 Å². The lowest BCUT2D eigenvalue weighted by molar-refractivity contribution is 0.0599. The van der Waals surface area contributed by atoms with Gasteiger partial charge in [0.2, 0.25) is 0 Å². The minimum absolute atomic E-state index is 0.0765. The third kappa shape index (κ3) is 3.08. The third-order valence-corrected chi connectivity index (χ3v) is 3.11. The summed E-state index contributed by atoms with van der Waals surface area (Å²) in [6.45, 7) is 1.78. The third-order valence-electron chi connectivity index (χ3n) is 3.11. The predicted octanol–water partition coefficient (Wildman–Crippen LogP) is 3.29. The Bertz CT molecular complexity index is 722. The Labute approximate surface area is 120 Å². The first-order chi connectivity index (χ1) is 9.92. The van der Waals surface area contributed by atoms with E-state index in [-0.39, 0.29) is 11.1 Å². The molecule has 0 spiro atoms. The first-order valence-corrected chi connectivity index (χ1v) is 6.15. The molecule has 0 aliphatic rings. The molecule has 0 aliphatic heterocycles. The van der Waals surface area contributed by atoms with Crippen molar-refractivity contribution in [3.05, 3.63) is 58.9 Å². The fourth-order valence-corrected chi connectivity index (χ4v) is 2.05. The molecular formula is C16H13FO4. The molecule has 108 valence electrons. The summed E-state index contributed by atoms with van der Waals surface area (Å²) in [6.07, 6.45) is 0. The summed E-state index contributed by atoms with van der Waals surface area (Å²) in [6, 6.07) is 8.37. The van der Waals surface area contributed by atoms with Crippen LogP contribution in [-0.2, 0) is 4.74 Å². The van der Waals surface area contributed by atoms with Crippen molar-refractivity contribution in [1.82, 2.24) is 0 Å². The maximum absolute atomic E-state index is 13.7. The van der Waals surface area contributed by atoms with Crippen LogP contribution in [0.2, 0.25) is 0 Å². The number of carbonyl (C=O) groups is 2. The number of esters is 1. The van der Waals surface area contributed by atoms with Crippen LogP contribution in [0.4, 0.5) is 4.39 Å². The smallest absolute Gasteiger partial charge is 0.337 e. The van der Waals surface area contributed by atoms with Crippen LogP contribution < -0.4 is 0 Å². The first kappa shape index (κ1) is 14.7. The average molecular weight is 288 g/mol. The van der Waals surface area contributed by atoms with Gasteiger partial charge in [-0.1, -0.05) is 6.07 Å². The van der Waals surface area contributed by atoms with E-state index in [1.54, 1.807) is 13.0 Å². The molecule has 2 rings (SSSR count). The van der Waals surface area contributed by atoms with Crippen LogP contribution in [0.3, 0.4) is 0 Å². The van der Waals surface area contributed by atoms with E-state index in [2.05, 4.69) is 4.74 Å². The Balaban J connectivity index is 2.61. The molecule has 0 aliphatic carbocycles. The van der Waals surface area contributed by atoms with E-state index in [4.69, 9.17) is 5.11 Å². The number of carbonyl (C=O) groups excluding carboxylic acids is 1. The maximum Gasteiger partial charge on any atom is 0.337 e. The fourth-order valence-electron chi connectivity index (χ4n) is 2.05. The molecule has 0 fully saturated rings. The average Bonchev–Trinajstić information content (AvgIpc) is 2.45. The lowest BCUT2D eigenvalue weighted by Gasteiger charge is -2.09. The number of benzene rings is 2. The quantitative estimate of drug-likeness (QED) is 0.880. The van der Waals surface area contributed by atoms with E-state index < -0.39 is 17.8 Å². The summed E-state index contributed by atoms with van der Waals surface area (Å²) in [7, 11) is 1.21. The molecule has 2 aromatic carbocycles. The zero-order valence-corrected chi connectivity index (χ0v) is 11.5. The Kier molecular flexibility index (Phi) is 4.03. The van der Waals surface area contributed by atoms with E-state index in [0.29, 0.717) is 11.1 Å². The minimum Gasteiger partial charge on any atom is -0.478 e. The summed E-state index contributed by atoms with van der Waals surface area (Å²) in [4.78, 5) is 22.6. The molecule has 0 heterocycles. The number of aryl methyl sites for hydroxylation is 1. The Morgan fingerprint density at radius 2 is 1.81 bits per heavy atom. The molecule has 0 amide bonds. The Hall–Kier alpha value is -2.69. The van der Waals surface area contributed by atoms with Gasteiger partial charge < -0.3 is 9.84 Å². The highest BCUT2D eigenvalue weighted by atomic mass is 19.1. The topological polar surface area (TPSA) is 63.6 Å². The van der Waals surface area contributed by atoms with E-state index in [1.165, 1.54) is 31.4 Å². The van der Waals surface area contributed by atoms with Gasteiger partial charge >= 0.3 is 11.9 Å². The van der Waals surface area contributed by atoms with Crippen molar-refractivity contribution in [2.75, 3.05) is 7.11 Å². The van der Waals surface area contributed by atoms with Gasteiger partial charge in [0.05, 0.1) is 18.2 Å². The molecule has 2 aromatic rings. The molecule has 0 atom stereocenters. The zero-order chi connectivity index (χ0) is 15.6. The molecule has 0 radical (unpaired) electrons. The highest BCUT2D eigenvalue weighted by molar-refractivity contribution is 5.92. The lowest BCUT2D eigenvalue weighted by atomic mass is 9.96. The van der Waals surface area contributed by atoms with Gasteiger partial charge in [-0.25, -0.2) is 14.0 Å². The highest BCUT2D eigenvalue weighted by Gasteiger charge is 2.13. The largest absolute Gasteiger partial charge is 0.478 e. The number of halogens is 1. The number of hydrogen-bond acceptors (Lipinski definition) is 3. The minimum atomic E-state index is -1.07. The molecule has 4 nitrogen and oxygen atoms in total.